The average Bonchev–Trinajstić information content (AvgIpc) is 2.92. The molecule has 2 nitrogen and oxygen atoms in total. The van der Waals surface area contributed by atoms with Crippen LogP contribution in [0.15, 0.2) is 0 Å². The molecule has 0 N–H and O–H groups in total. The minimum atomic E-state index is 0.248. The molecule has 2 fully saturated rings. The minimum absolute atomic E-state index is 0.248. The van der Waals surface area contributed by atoms with Gasteiger partial charge >= 0.3 is 0 Å². The second kappa shape index (κ2) is 4.11. The maximum Gasteiger partial charge on any atom is 0.101 e. The van der Waals surface area contributed by atoms with E-state index in [0.717, 1.165) is 13.1 Å². The first-order valence-corrected chi connectivity index (χ1v) is 5.55. The van der Waals surface area contributed by atoms with Crippen molar-refractivity contribution >= 4 is 0 Å². The Morgan fingerprint density at radius 3 is 2.15 bits per heavy atom. The van der Waals surface area contributed by atoms with Crippen LogP contribution in [0.25, 0.3) is 0 Å². The van der Waals surface area contributed by atoms with Crippen LogP contribution < -0.4 is 0 Å². The molecule has 0 aromatic carbocycles. The van der Waals surface area contributed by atoms with Crippen LogP contribution in [0.3, 0.4) is 0 Å². The van der Waals surface area contributed by atoms with Gasteiger partial charge in [-0.3, -0.25) is 4.90 Å². The van der Waals surface area contributed by atoms with Crippen molar-refractivity contribution in [2.24, 2.45) is 5.92 Å². The third-order valence-electron chi connectivity index (χ3n) is 3.23. The molecule has 0 radical (unpaired) electrons. The molecule has 1 unspecified atom stereocenters. The monoisotopic (exact) mass is 178 g/mol. The van der Waals surface area contributed by atoms with Crippen LogP contribution in [0.5, 0.6) is 0 Å². The van der Waals surface area contributed by atoms with E-state index in [2.05, 4.69) is 11.0 Å². The fraction of sp³-hybridized carbons (Fsp3) is 0.909. The lowest BCUT2D eigenvalue weighted by molar-refractivity contribution is 0.224. The molecule has 1 atom stereocenters. The van der Waals surface area contributed by atoms with Gasteiger partial charge in [0, 0.05) is 0 Å². The van der Waals surface area contributed by atoms with Crippen molar-refractivity contribution in [2.75, 3.05) is 13.1 Å². The topological polar surface area (TPSA) is 27.0 Å². The highest BCUT2D eigenvalue weighted by molar-refractivity contribution is 5.02. The van der Waals surface area contributed by atoms with E-state index in [0.29, 0.717) is 5.92 Å². The van der Waals surface area contributed by atoms with Gasteiger partial charge in [0.05, 0.1) is 6.07 Å². The Hall–Kier alpha value is -0.550. The Morgan fingerprint density at radius 2 is 1.69 bits per heavy atom. The Morgan fingerprint density at radius 1 is 1.08 bits per heavy atom. The highest BCUT2D eigenvalue weighted by atomic mass is 15.2. The zero-order valence-electron chi connectivity index (χ0n) is 8.21. The van der Waals surface area contributed by atoms with Gasteiger partial charge in [-0.15, -0.1) is 0 Å². The Kier molecular flexibility index (Phi) is 2.85. The summed E-state index contributed by atoms with van der Waals surface area (Å²) in [5, 5.41) is 9.09. The van der Waals surface area contributed by atoms with E-state index in [1.165, 1.54) is 38.5 Å². The van der Waals surface area contributed by atoms with Gasteiger partial charge in [0.15, 0.2) is 0 Å². The van der Waals surface area contributed by atoms with Crippen molar-refractivity contribution in [3.05, 3.63) is 0 Å². The van der Waals surface area contributed by atoms with Crippen LogP contribution in [0, 0.1) is 17.2 Å². The number of rotatable bonds is 2. The first-order valence-electron chi connectivity index (χ1n) is 5.55. The molecule has 2 rings (SSSR count). The van der Waals surface area contributed by atoms with E-state index < -0.39 is 0 Å². The lowest BCUT2D eigenvalue weighted by Crippen LogP contribution is -2.36. The molecule has 2 aliphatic rings. The van der Waals surface area contributed by atoms with Crippen molar-refractivity contribution in [1.29, 1.82) is 5.26 Å². The summed E-state index contributed by atoms with van der Waals surface area (Å²) in [6.45, 7) is 2.32. The second-order valence-electron chi connectivity index (χ2n) is 4.36. The molecular formula is C11H18N2. The fourth-order valence-electron chi connectivity index (χ4n) is 2.27. The summed E-state index contributed by atoms with van der Waals surface area (Å²) in [6.07, 6.45) is 7.89. The van der Waals surface area contributed by atoms with Gasteiger partial charge < -0.3 is 0 Å². The zero-order valence-corrected chi connectivity index (χ0v) is 8.21. The quantitative estimate of drug-likeness (QED) is 0.648. The minimum Gasteiger partial charge on any atom is -0.288 e. The van der Waals surface area contributed by atoms with Crippen LogP contribution in [0.2, 0.25) is 0 Å². The molecule has 1 aliphatic carbocycles. The third-order valence-corrected chi connectivity index (χ3v) is 3.23. The van der Waals surface area contributed by atoms with Crippen LogP contribution in [-0.4, -0.2) is 24.0 Å². The predicted molar refractivity (Wildman–Crippen MR) is 52.2 cm³/mol. The van der Waals surface area contributed by atoms with Gasteiger partial charge in [-0.25, -0.2) is 0 Å². The largest absolute Gasteiger partial charge is 0.288 e. The normalized spacial score (nSPS) is 27.6. The fourth-order valence-corrected chi connectivity index (χ4v) is 2.27. The number of hydrogen-bond donors (Lipinski definition) is 0. The predicted octanol–water partition coefficient (Wildman–Crippen LogP) is 2.16. The summed E-state index contributed by atoms with van der Waals surface area (Å²) >= 11 is 0. The van der Waals surface area contributed by atoms with Crippen LogP contribution >= 0.6 is 0 Å². The van der Waals surface area contributed by atoms with Gasteiger partial charge in [-0.05, 0) is 44.7 Å². The lowest BCUT2D eigenvalue weighted by Gasteiger charge is -2.24. The average molecular weight is 178 g/mol. The van der Waals surface area contributed by atoms with Gasteiger partial charge in [0.25, 0.3) is 0 Å². The molecule has 0 spiro atoms. The molecule has 1 heterocycles. The van der Waals surface area contributed by atoms with Crippen molar-refractivity contribution in [3.8, 4) is 6.07 Å². The standard InChI is InChI=1S/C11H18N2/c12-9-11(10-5-6-10)13-7-3-1-2-4-8-13/h10-11H,1-8H2. The maximum atomic E-state index is 9.09. The SMILES string of the molecule is N#CC(C1CC1)N1CCCCCC1. The van der Waals surface area contributed by atoms with Crippen molar-refractivity contribution in [3.63, 3.8) is 0 Å². The molecule has 0 aromatic heterocycles. The van der Waals surface area contributed by atoms with E-state index in [1.54, 1.807) is 0 Å². The Balaban J connectivity index is 1.91. The first kappa shape index (κ1) is 9.02. The van der Waals surface area contributed by atoms with Gasteiger partial charge in [-0.1, -0.05) is 12.8 Å². The zero-order chi connectivity index (χ0) is 9.10. The van der Waals surface area contributed by atoms with Crippen LogP contribution in [0.1, 0.15) is 38.5 Å². The van der Waals surface area contributed by atoms with E-state index in [1.807, 2.05) is 0 Å². The van der Waals surface area contributed by atoms with Gasteiger partial charge in [0.1, 0.15) is 6.04 Å². The molecule has 1 saturated heterocycles. The summed E-state index contributed by atoms with van der Waals surface area (Å²) in [4.78, 5) is 2.42. The number of nitriles is 1. The van der Waals surface area contributed by atoms with E-state index in [4.69, 9.17) is 5.26 Å². The molecule has 0 bridgehead atoms. The number of likely N-dealkylation sites (tertiary alicyclic amines) is 1. The van der Waals surface area contributed by atoms with E-state index in [9.17, 15) is 0 Å². The second-order valence-corrected chi connectivity index (χ2v) is 4.36. The van der Waals surface area contributed by atoms with Crippen molar-refractivity contribution in [1.82, 2.24) is 4.90 Å². The van der Waals surface area contributed by atoms with E-state index >= 15 is 0 Å². The molecular weight excluding hydrogens is 160 g/mol. The lowest BCUT2D eigenvalue weighted by atomic mass is 10.1. The molecule has 72 valence electrons. The summed E-state index contributed by atoms with van der Waals surface area (Å²) in [7, 11) is 0. The summed E-state index contributed by atoms with van der Waals surface area (Å²) in [5.41, 5.74) is 0. The Bertz CT molecular complexity index is 195. The summed E-state index contributed by atoms with van der Waals surface area (Å²) < 4.78 is 0. The van der Waals surface area contributed by atoms with Gasteiger partial charge in [0.2, 0.25) is 0 Å². The Labute approximate surface area is 80.5 Å². The molecule has 13 heavy (non-hydrogen) atoms. The summed E-state index contributed by atoms with van der Waals surface area (Å²) in [5.74, 6) is 0.711. The van der Waals surface area contributed by atoms with Crippen molar-refractivity contribution in [2.45, 2.75) is 44.6 Å². The van der Waals surface area contributed by atoms with Crippen LogP contribution in [0.4, 0.5) is 0 Å². The molecule has 1 saturated carbocycles. The molecule has 1 aliphatic heterocycles. The highest BCUT2D eigenvalue weighted by Crippen LogP contribution is 2.35. The van der Waals surface area contributed by atoms with Crippen molar-refractivity contribution < 1.29 is 0 Å². The molecule has 2 heteroatoms. The molecule has 0 aromatic rings. The highest BCUT2D eigenvalue weighted by Gasteiger charge is 2.35. The van der Waals surface area contributed by atoms with E-state index in [-0.39, 0.29) is 6.04 Å². The first-order chi connectivity index (χ1) is 6.42. The third kappa shape index (κ3) is 2.22. The van der Waals surface area contributed by atoms with Gasteiger partial charge in [-0.2, -0.15) is 5.26 Å². The molecule has 0 amide bonds. The number of hydrogen-bond acceptors (Lipinski definition) is 2. The smallest absolute Gasteiger partial charge is 0.101 e. The number of nitrogens with zero attached hydrogens (tertiary/aromatic N) is 2. The van der Waals surface area contributed by atoms with Crippen LogP contribution in [-0.2, 0) is 0 Å². The summed E-state index contributed by atoms with van der Waals surface area (Å²) in [6, 6.07) is 2.74. The maximum absolute atomic E-state index is 9.09.